The zero-order valence-corrected chi connectivity index (χ0v) is 14.1. The van der Waals surface area contributed by atoms with Crippen LogP contribution in [0.1, 0.15) is 19.5 Å². The summed E-state index contributed by atoms with van der Waals surface area (Å²) in [5.74, 6) is 0. The fourth-order valence-electron chi connectivity index (χ4n) is 1.89. The molecule has 3 aromatic heterocycles. The molecule has 3 heterocycles. The third-order valence-electron chi connectivity index (χ3n) is 2.92. The van der Waals surface area contributed by atoms with Crippen LogP contribution >= 0.6 is 34.7 Å². The lowest BCUT2D eigenvalue weighted by atomic mass is 10.3. The monoisotopic (exact) mass is 338 g/mol. The highest BCUT2D eigenvalue weighted by Gasteiger charge is 2.16. The molecule has 110 valence electrons. The summed E-state index contributed by atoms with van der Waals surface area (Å²) in [6.45, 7) is 5.03. The standard InChI is InChI=1S/C14H15ClN4S2/c1-9(2)17-8-11-13(18-14-19(11)6-7-20-14)21-12-10(15)4-3-5-16-12/h3-7,9,17H,8H2,1-2H3. The van der Waals surface area contributed by atoms with E-state index in [1.54, 1.807) is 17.5 Å². The zero-order chi connectivity index (χ0) is 14.8. The Balaban J connectivity index is 1.95. The number of aromatic nitrogens is 3. The smallest absolute Gasteiger partial charge is 0.194 e. The van der Waals surface area contributed by atoms with E-state index in [0.29, 0.717) is 11.1 Å². The van der Waals surface area contributed by atoms with E-state index in [1.807, 2.05) is 17.5 Å². The van der Waals surface area contributed by atoms with Gasteiger partial charge in [-0.2, -0.15) is 0 Å². The molecule has 1 N–H and O–H groups in total. The van der Waals surface area contributed by atoms with E-state index < -0.39 is 0 Å². The minimum absolute atomic E-state index is 0.422. The Kier molecular flexibility index (Phi) is 4.49. The number of fused-ring (bicyclic) bond motifs is 1. The highest BCUT2D eigenvalue weighted by Crippen LogP contribution is 2.34. The zero-order valence-electron chi connectivity index (χ0n) is 11.7. The topological polar surface area (TPSA) is 42.2 Å². The quantitative estimate of drug-likeness (QED) is 0.760. The molecule has 0 saturated heterocycles. The SMILES string of the molecule is CC(C)NCc1c(Sc2ncccc2Cl)nc2sccn12. The van der Waals surface area contributed by atoms with Gasteiger partial charge in [0, 0.05) is 30.4 Å². The minimum Gasteiger partial charge on any atom is -0.309 e. The molecule has 3 aromatic rings. The van der Waals surface area contributed by atoms with Gasteiger partial charge in [0.15, 0.2) is 4.96 Å². The second-order valence-corrected chi connectivity index (χ2v) is 7.11. The Morgan fingerprint density at radius 1 is 1.43 bits per heavy atom. The third-order valence-corrected chi connectivity index (χ3v) is 5.13. The molecule has 0 aliphatic rings. The van der Waals surface area contributed by atoms with Gasteiger partial charge >= 0.3 is 0 Å². The van der Waals surface area contributed by atoms with Crippen LogP contribution in [0.5, 0.6) is 0 Å². The van der Waals surface area contributed by atoms with E-state index in [-0.39, 0.29) is 0 Å². The molecular formula is C14H15ClN4S2. The molecule has 0 fully saturated rings. The fraction of sp³-hybridized carbons (Fsp3) is 0.286. The molecule has 0 aliphatic heterocycles. The van der Waals surface area contributed by atoms with Crippen LogP contribution in [0.4, 0.5) is 0 Å². The van der Waals surface area contributed by atoms with Crippen molar-refractivity contribution in [2.45, 2.75) is 36.5 Å². The van der Waals surface area contributed by atoms with Gasteiger partial charge in [-0.1, -0.05) is 25.4 Å². The predicted molar refractivity (Wildman–Crippen MR) is 88.4 cm³/mol. The van der Waals surface area contributed by atoms with E-state index in [4.69, 9.17) is 16.6 Å². The first-order chi connectivity index (χ1) is 10.1. The van der Waals surface area contributed by atoms with Crippen LogP contribution in [-0.4, -0.2) is 20.4 Å². The Morgan fingerprint density at radius 2 is 2.29 bits per heavy atom. The van der Waals surface area contributed by atoms with Gasteiger partial charge in [0.2, 0.25) is 0 Å². The second kappa shape index (κ2) is 6.36. The summed E-state index contributed by atoms with van der Waals surface area (Å²) in [5, 5.41) is 7.89. The van der Waals surface area contributed by atoms with Crippen molar-refractivity contribution >= 4 is 39.7 Å². The summed E-state index contributed by atoms with van der Waals surface area (Å²) < 4.78 is 2.12. The summed E-state index contributed by atoms with van der Waals surface area (Å²) in [7, 11) is 0. The highest BCUT2D eigenvalue weighted by molar-refractivity contribution is 7.99. The maximum atomic E-state index is 6.20. The highest BCUT2D eigenvalue weighted by atomic mass is 35.5. The van der Waals surface area contributed by atoms with Gasteiger partial charge in [-0.3, -0.25) is 4.40 Å². The van der Waals surface area contributed by atoms with Crippen LogP contribution in [-0.2, 0) is 6.54 Å². The van der Waals surface area contributed by atoms with Crippen LogP contribution in [0.2, 0.25) is 5.02 Å². The summed E-state index contributed by atoms with van der Waals surface area (Å²) in [6, 6.07) is 4.10. The molecule has 7 heteroatoms. The summed E-state index contributed by atoms with van der Waals surface area (Å²) in [4.78, 5) is 10.0. The number of imidazole rings is 1. The Bertz CT molecular complexity index is 750. The number of nitrogens with zero attached hydrogens (tertiary/aromatic N) is 3. The summed E-state index contributed by atoms with van der Waals surface area (Å²) in [6.07, 6.45) is 3.80. The number of pyridine rings is 1. The van der Waals surface area contributed by atoms with E-state index in [1.165, 1.54) is 11.8 Å². The van der Waals surface area contributed by atoms with Crippen LogP contribution < -0.4 is 5.32 Å². The number of nitrogens with one attached hydrogen (secondary N) is 1. The lowest BCUT2D eigenvalue weighted by Gasteiger charge is -2.09. The van der Waals surface area contributed by atoms with Gasteiger partial charge in [0.25, 0.3) is 0 Å². The number of rotatable bonds is 5. The largest absolute Gasteiger partial charge is 0.309 e. The molecule has 21 heavy (non-hydrogen) atoms. The second-order valence-electron chi connectivity index (χ2n) is 4.85. The van der Waals surface area contributed by atoms with Crippen molar-refractivity contribution in [2.24, 2.45) is 0 Å². The van der Waals surface area contributed by atoms with Gasteiger partial charge in [0.1, 0.15) is 10.1 Å². The third kappa shape index (κ3) is 3.23. The summed E-state index contributed by atoms with van der Waals surface area (Å²) >= 11 is 9.34. The van der Waals surface area contributed by atoms with Crippen molar-refractivity contribution in [3.63, 3.8) is 0 Å². The fourth-order valence-corrected chi connectivity index (χ4v) is 3.80. The molecule has 0 saturated carbocycles. The lowest BCUT2D eigenvalue weighted by molar-refractivity contribution is 0.574. The lowest BCUT2D eigenvalue weighted by Crippen LogP contribution is -2.22. The summed E-state index contributed by atoms with van der Waals surface area (Å²) in [5.41, 5.74) is 1.15. The Hall–Kier alpha value is -1.08. The molecule has 0 bridgehead atoms. The first kappa shape index (κ1) is 14.8. The maximum absolute atomic E-state index is 6.20. The Morgan fingerprint density at radius 3 is 3.05 bits per heavy atom. The molecule has 0 radical (unpaired) electrons. The van der Waals surface area contributed by atoms with Crippen molar-refractivity contribution in [1.29, 1.82) is 0 Å². The molecular weight excluding hydrogens is 324 g/mol. The van der Waals surface area contributed by atoms with E-state index in [0.717, 1.165) is 27.3 Å². The van der Waals surface area contributed by atoms with Crippen LogP contribution in [0.25, 0.3) is 4.96 Å². The van der Waals surface area contributed by atoms with Crippen molar-refractivity contribution in [2.75, 3.05) is 0 Å². The van der Waals surface area contributed by atoms with Gasteiger partial charge in [0.05, 0.1) is 10.7 Å². The van der Waals surface area contributed by atoms with Crippen LogP contribution in [0, 0.1) is 0 Å². The molecule has 0 aromatic carbocycles. The number of halogens is 1. The van der Waals surface area contributed by atoms with E-state index in [9.17, 15) is 0 Å². The molecule has 0 atom stereocenters. The van der Waals surface area contributed by atoms with Crippen LogP contribution in [0.3, 0.4) is 0 Å². The maximum Gasteiger partial charge on any atom is 0.194 e. The predicted octanol–water partition coefficient (Wildman–Crippen LogP) is 4.09. The number of hydrogen-bond donors (Lipinski definition) is 1. The van der Waals surface area contributed by atoms with Crippen molar-refractivity contribution < 1.29 is 0 Å². The van der Waals surface area contributed by atoms with Crippen molar-refractivity contribution in [1.82, 2.24) is 19.7 Å². The first-order valence-corrected chi connectivity index (χ1v) is 8.68. The number of thiazole rings is 1. The minimum atomic E-state index is 0.422. The van der Waals surface area contributed by atoms with Gasteiger partial charge in [-0.25, -0.2) is 9.97 Å². The van der Waals surface area contributed by atoms with Crippen molar-refractivity contribution in [3.05, 3.63) is 40.6 Å². The average Bonchev–Trinajstić information content (AvgIpc) is 3.00. The van der Waals surface area contributed by atoms with Crippen molar-refractivity contribution in [3.8, 4) is 0 Å². The van der Waals surface area contributed by atoms with Gasteiger partial charge in [-0.05, 0) is 23.9 Å². The van der Waals surface area contributed by atoms with Gasteiger partial charge < -0.3 is 5.32 Å². The van der Waals surface area contributed by atoms with E-state index >= 15 is 0 Å². The molecule has 0 unspecified atom stereocenters. The average molecular weight is 339 g/mol. The molecule has 4 nitrogen and oxygen atoms in total. The first-order valence-electron chi connectivity index (χ1n) is 6.61. The molecule has 0 spiro atoms. The van der Waals surface area contributed by atoms with Crippen LogP contribution in [0.15, 0.2) is 40.0 Å². The number of hydrogen-bond acceptors (Lipinski definition) is 5. The molecule has 0 amide bonds. The Labute approximate surface area is 136 Å². The molecule has 0 aliphatic carbocycles. The van der Waals surface area contributed by atoms with E-state index in [2.05, 4.69) is 34.7 Å². The molecule has 3 rings (SSSR count). The van der Waals surface area contributed by atoms with Gasteiger partial charge in [-0.15, -0.1) is 11.3 Å². The normalized spacial score (nSPS) is 11.6.